The molecule has 0 aromatic heterocycles. The van der Waals surface area contributed by atoms with Crippen LogP contribution in [0.2, 0.25) is 0 Å². The predicted octanol–water partition coefficient (Wildman–Crippen LogP) is 7.71. The fourth-order valence-corrected chi connectivity index (χ4v) is 6.45. The molecule has 0 saturated heterocycles. The van der Waals surface area contributed by atoms with E-state index in [1.165, 1.54) is 46.1 Å². The number of benzene rings is 4. The Kier molecular flexibility index (Phi) is 10.8. The highest BCUT2D eigenvalue weighted by molar-refractivity contribution is 9.10. The standard InChI is InChI=1S/C38H37BrO12/c1-14-11-23(40)13-25(48-10)26(14)36(45)51-34-21(8)18(5)29(32(42)30(34)39)38(47)49-24-12-15(2)27(31(41)22(24)9)37(46)50-33-19(6)16(3)28(35(43)44)17(4)20(33)7/h11-13,40-42H,1-10H3,(H,43,44). The Morgan fingerprint density at radius 2 is 1.00 bits per heavy atom. The average molecular weight is 766 g/mol. The highest BCUT2D eigenvalue weighted by Crippen LogP contribution is 2.44. The first kappa shape index (κ1) is 38.2. The van der Waals surface area contributed by atoms with Crippen LogP contribution >= 0.6 is 15.9 Å². The number of aryl methyl sites for hydroxylation is 2. The number of aromatic hydroxyl groups is 3. The molecule has 0 atom stereocenters. The molecular weight excluding hydrogens is 728 g/mol. The smallest absolute Gasteiger partial charge is 0.347 e. The molecule has 268 valence electrons. The predicted molar refractivity (Wildman–Crippen MR) is 189 cm³/mol. The molecular formula is C38H37BrO12. The molecule has 4 aromatic carbocycles. The number of phenols is 3. The number of carboxylic acid groups (broad SMARTS) is 1. The monoisotopic (exact) mass is 764 g/mol. The number of aromatic carboxylic acids is 1. The third-order valence-electron chi connectivity index (χ3n) is 9.10. The second-order valence-electron chi connectivity index (χ2n) is 12.2. The minimum atomic E-state index is -1.10. The maximum atomic E-state index is 13.6. The van der Waals surface area contributed by atoms with Crippen LogP contribution in [0.3, 0.4) is 0 Å². The lowest BCUT2D eigenvalue weighted by Gasteiger charge is -2.20. The lowest BCUT2D eigenvalue weighted by atomic mass is 9.93. The molecule has 0 fully saturated rings. The molecule has 0 aliphatic rings. The van der Waals surface area contributed by atoms with Gasteiger partial charge in [-0.1, -0.05) is 0 Å². The summed E-state index contributed by atoms with van der Waals surface area (Å²) in [5.74, 6) is -4.97. The molecule has 0 spiro atoms. The van der Waals surface area contributed by atoms with Crippen LogP contribution in [0.4, 0.5) is 0 Å². The van der Waals surface area contributed by atoms with Crippen molar-refractivity contribution < 1.29 is 58.6 Å². The van der Waals surface area contributed by atoms with Crippen LogP contribution in [0.15, 0.2) is 22.7 Å². The lowest BCUT2D eigenvalue weighted by Crippen LogP contribution is -2.17. The molecule has 0 heterocycles. The van der Waals surface area contributed by atoms with Crippen LogP contribution in [0.25, 0.3) is 0 Å². The first-order valence-electron chi connectivity index (χ1n) is 15.5. The van der Waals surface area contributed by atoms with Crippen molar-refractivity contribution in [1.29, 1.82) is 0 Å². The fourth-order valence-electron chi connectivity index (χ4n) is 5.87. The zero-order chi connectivity index (χ0) is 38.4. The van der Waals surface area contributed by atoms with Gasteiger partial charge in [0.15, 0.2) is 5.75 Å². The molecule has 0 aliphatic carbocycles. The Labute approximate surface area is 302 Å². The molecule has 4 N–H and O–H groups in total. The number of ether oxygens (including phenoxy) is 4. The van der Waals surface area contributed by atoms with Crippen molar-refractivity contribution in [3.63, 3.8) is 0 Å². The van der Waals surface area contributed by atoms with Crippen LogP contribution in [0.1, 0.15) is 91.5 Å². The van der Waals surface area contributed by atoms with E-state index in [9.17, 15) is 39.6 Å². The summed E-state index contributed by atoms with van der Waals surface area (Å²) in [5, 5.41) is 41.8. The van der Waals surface area contributed by atoms with E-state index >= 15 is 0 Å². The van der Waals surface area contributed by atoms with Crippen LogP contribution in [0.5, 0.6) is 40.2 Å². The van der Waals surface area contributed by atoms with E-state index in [-0.39, 0.29) is 72.2 Å². The molecule has 0 unspecified atom stereocenters. The fraction of sp³-hybridized carbons (Fsp3) is 0.263. The van der Waals surface area contributed by atoms with Gasteiger partial charge in [-0.2, -0.15) is 0 Å². The third-order valence-corrected chi connectivity index (χ3v) is 9.84. The summed E-state index contributed by atoms with van der Waals surface area (Å²) in [4.78, 5) is 52.1. The van der Waals surface area contributed by atoms with Crippen molar-refractivity contribution in [2.45, 2.75) is 62.3 Å². The van der Waals surface area contributed by atoms with Crippen molar-refractivity contribution >= 4 is 39.8 Å². The maximum Gasteiger partial charge on any atom is 0.347 e. The molecule has 4 aromatic rings. The highest BCUT2D eigenvalue weighted by atomic mass is 79.9. The number of hydrogen-bond donors (Lipinski definition) is 4. The van der Waals surface area contributed by atoms with Gasteiger partial charge in [0.1, 0.15) is 55.7 Å². The molecule has 0 aliphatic heterocycles. The van der Waals surface area contributed by atoms with Gasteiger partial charge in [-0.3, -0.25) is 0 Å². The Bertz CT molecular complexity index is 2120. The second kappa shape index (κ2) is 14.4. The van der Waals surface area contributed by atoms with Crippen LogP contribution < -0.4 is 18.9 Å². The van der Waals surface area contributed by atoms with Gasteiger partial charge in [0.2, 0.25) is 0 Å². The minimum Gasteiger partial charge on any atom is -0.508 e. The first-order chi connectivity index (χ1) is 23.7. The number of carbonyl (C=O) groups excluding carboxylic acids is 3. The molecule has 0 bridgehead atoms. The number of carbonyl (C=O) groups is 4. The Morgan fingerprint density at radius 1 is 0.529 bits per heavy atom. The van der Waals surface area contributed by atoms with Gasteiger partial charge in [-0.15, -0.1) is 0 Å². The van der Waals surface area contributed by atoms with Crippen molar-refractivity contribution in [3.05, 3.63) is 95.0 Å². The van der Waals surface area contributed by atoms with Gasteiger partial charge in [0, 0.05) is 11.6 Å². The minimum absolute atomic E-state index is 0.0274. The summed E-state index contributed by atoms with van der Waals surface area (Å²) in [6, 6.07) is 3.99. The molecule has 0 amide bonds. The number of hydrogen-bond acceptors (Lipinski definition) is 11. The summed E-state index contributed by atoms with van der Waals surface area (Å²) in [7, 11) is 1.33. The zero-order valence-corrected chi connectivity index (χ0v) is 31.3. The second-order valence-corrected chi connectivity index (χ2v) is 13.0. The van der Waals surface area contributed by atoms with Crippen LogP contribution in [-0.4, -0.2) is 51.4 Å². The van der Waals surface area contributed by atoms with E-state index in [0.717, 1.165) is 0 Å². The Morgan fingerprint density at radius 3 is 1.55 bits per heavy atom. The molecule has 0 saturated carbocycles. The van der Waals surface area contributed by atoms with Gasteiger partial charge in [-0.05, 0) is 135 Å². The molecule has 4 rings (SSSR count). The third kappa shape index (κ3) is 6.81. The average Bonchev–Trinajstić information content (AvgIpc) is 3.05. The van der Waals surface area contributed by atoms with Crippen molar-refractivity contribution in [1.82, 2.24) is 0 Å². The van der Waals surface area contributed by atoms with Crippen LogP contribution in [0, 0.1) is 62.3 Å². The van der Waals surface area contributed by atoms with Gasteiger partial charge in [0.25, 0.3) is 0 Å². The highest BCUT2D eigenvalue weighted by Gasteiger charge is 2.30. The van der Waals surface area contributed by atoms with E-state index in [1.54, 1.807) is 41.5 Å². The number of carboxylic acids is 1. The van der Waals surface area contributed by atoms with Gasteiger partial charge in [0.05, 0.1) is 12.7 Å². The van der Waals surface area contributed by atoms with Gasteiger partial charge in [-0.25, -0.2) is 19.2 Å². The number of halogens is 1. The number of rotatable bonds is 8. The molecule has 51 heavy (non-hydrogen) atoms. The van der Waals surface area contributed by atoms with E-state index < -0.39 is 35.4 Å². The quantitative estimate of drug-likeness (QED) is 0.101. The summed E-state index contributed by atoms with van der Waals surface area (Å²) in [5.41, 5.74) is 2.67. The normalized spacial score (nSPS) is 10.9. The van der Waals surface area contributed by atoms with Gasteiger partial charge < -0.3 is 39.4 Å². The van der Waals surface area contributed by atoms with Crippen molar-refractivity contribution in [3.8, 4) is 40.2 Å². The number of esters is 3. The molecule has 0 radical (unpaired) electrons. The maximum absolute atomic E-state index is 13.6. The van der Waals surface area contributed by atoms with E-state index in [0.29, 0.717) is 33.4 Å². The topological polar surface area (TPSA) is 186 Å². The largest absolute Gasteiger partial charge is 0.508 e. The zero-order valence-electron chi connectivity index (χ0n) is 29.7. The van der Waals surface area contributed by atoms with E-state index in [4.69, 9.17) is 18.9 Å². The lowest BCUT2D eigenvalue weighted by molar-refractivity contribution is 0.0689. The molecule has 12 nitrogen and oxygen atoms in total. The summed E-state index contributed by atoms with van der Waals surface area (Å²) >= 11 is 3.23. The van der Waals surface area contributed by atoms with E-state index in [2.05, 4.69) is 15.9 Å². The summed E-state index contributed by atoms with van der Waals surface area (Å²) in [6.07, 6.45) is 0. The number of methoxy groups -OCH3 is 1. The SMILES string of the molecule is COc1cc(O)cc(C)c1C(=O)Oc1c(C)c(C)c(C(=O)Oc2cc(C)c(C(=O)Oc3c(C)c(C)c(C(=O)O)c(C)c3C)c(O)c2C)c(O)c1Br. The van der Waals surface area contributed by atoms with E-state index in [1.807, 2.05) is 0 Å². The summed E-state index contributed by atoms with van der Waals surface area (Å²) in [6.45, 7) is 14.1. The summed E-state index contributed by atoms with van der Waals surface area (Å²) < 4.78 is 22.1. The Balaban J connectivity index is 1.66. The van der Waals surface area contributed by atoms with Crippen molar-refractivity contribution in [2.24, 2.45) is 0 Å². The molecule has 13 heteroatoms. The first-order valence-corrected chi connectivity index (χ1v) is 16.3. The number of phenolic OH excluding ortho intramolecular Hbond substituents is 3. The van der Waals surface area contributed by atoms with Crippen LogP contribution in [-0.2, 0) is 0 Å². The Hall–Kier alpha value is -5.56. The van der Waals surface area contributed by atoms with Crippen molar-refractivity contribution in [2.75, 3.05) is 7.11 Å². The van der Waals surface area contributed by atoms with Gasteiger partial charge >= 0.3 is 23.9 Å².